The van der Waals surface area contributed by atoms with Crippen molar-refractivity contribution in [1.82, 2.24) is 0 Å². The highest BCUT2D eigenvalue weighted by Crippen LogP contribution is 2.27. The second kappa shape index (κ2) is 12.5. The lowest BCUT2D eigenvalue weighted by Crippen LogP contribution is -2.67. The molecule has 0 aromatic heterocycles. The number of carboxylic acids is 1. The third kappa shape index (κ3) is 6.68. The van der Waals surface area contributed by atoms with E-state index in [-0.39, 0.29) is 19.4 Å². The van der Waals surface area contributed by atoms with Crippen molar-refractivity contribution in [2.45, 2.75) is 56.1 Å². The van der Waals surface area contributed by atoms with Crippen molar-refractivity contribution in [2.75, 3.05) is 13.1 Å². The van der Waals surface area contributed by atoms with Gasteiger partial charge in [-0.15, -0.1) is 0 Å². The van der Waals surface area contributed by atoms with Gasteiger partial charge in [0.15, 0.2) is 17.1 Å². The number of carbonyl (C=O) groups is 3. The van der Waals surface area contributed by atoms with Gasteiger partial charge in [-0.05, 0) is 50.8 Å². The molecule has 0 spiro atoms. The third-order valence-corrected chi connectivity index (χ3v) is 5.32. The molecule has 0 aliphatic heterocycles. The Kier molecular flexibility index (Phi) is 10.8. The fraction of sp³-hybridized carbons (Fsp3) is 0.571. The number of carboxylic acid groups (broad SMARTS) is 1. The SMILES string of the molecule is NCCCCC(N)C(=O)C(CCCN)C(N)(C(=O)O)C(=O)C(N)Cc1ccccc1. The van der Waals surface area contributed by atoms with E-state index in [9.17, 15) is 19.5 Å². The minimum absolute atomic E-state index is 0.0342. The monoisotopic (exact) mass is 421 g/mol. The molecule has 1 rings (SSSR count). The van der Waals surface area contributed by atoms with Crippen LogP contribution in [0.3, 0.4) is 0 Å². The lowest BCUT2D eigenvalue weighted by molar-refractivity contribution is -0.155. The first kappa shape index (κ1) is 25.9. The summed E-state index contributed by atoms with van der Waals surface area (Å²) in [6.07, 6.45) is 2.08. The van der Waals surface area contributed by atoms with Crippen LogP contribution in [0.2, 0.25) is 0 Å². The molecule has 1 aromatic carbocycles. The first-order valence-electron chi connectivity index (χ1n) is 10.3. The molecule has 11 N–H and O–H groups in total. The molecule has 0 heterocycles. The predicted molar refractivity (Wildman–Crippen MR) is 115 cm³/mol. The van der Waals surface area contributed by atoms with Gasteiger partial charge in [-0.3, -0.25) is 9.59 Å². The summed E-state index contributed by atoms with van der Waals surface area (Å²) in [5, 5.41) is 9.89. The summed E-state index contributed by atoms with van der Waals surface area (Å²) in [4.78, 5) is 38.3. The largest absolute Gasteiger partial charge is 0.480 e. The van der Waals surface area contributed by atoms with E-state index < -0.39 is 41.1 Å². The average Bonchev–Trinajstić information content (AvgIpc) is 2.73. The second-order valence-corrected chi connectivity index (χ2v) is 7.61. The summed E-state index contributed by atoms with van der Waals surface area (Å²) in [5.41, 5.74) is 27.5. The Hall–Kier alpha value is -2.17. The quantitative estimate of drug-likeness (QED) is 0.156. The van der Waals surface area contributed by atoms with E-state index in [2.05, 4.69) is 0 Å². The minimum Gasteiger partial charge on any atom is -0.480 e. The molecule has 0 aliphatic carbocycles. The van der Waals surface area contributed by atoms with Crippen molar-refractivity contribution in [3.05, 3.63) is 35.9 Å². The summed E-state index contributed by atoms with van der Waals surface area (Å²) in [6.45, 7) is 0.673. The van der Waals surface area contributed by atoms with E-state index in [1.165, 1.54) is 0 Å². The van der Waals surface area contributed by atoms with E-state index in [0.29, 0.717) is 32.2 Å². The molecule has 0 aliphatic rings. The fourth-order valence-electron chi connectivity index (χ4n) is 3.52. The number of aliphatic carboxylic acids is 1. The molecule has 168 valence electrons. The van der Waals surface area contributed by atoms with Crippen molar-refractivity contribution in [3.8, 4) is 0 Å². The van der Waals surface area contributed by atoms with Gasteiger partial charge in [-0.25, -0.2) is 4.79 Å². The van der Waals surface area contributed by atoms with Crippen molar-refractivity contribution in [2.24, 2.45) is 34.6 Å². The highest BCUT2D eigenvalue weighted by atomic mass is 16.4. The lowest BCUT2D eigenvalue weighted by atomic mass is 9.71. The molecule has 9 nitrogen and oxygen atoms in total. The maximum atomic E-state index is 13.1. The molecule has 0 fully saturated rings. The van der Waals surface area contributed by atoms with Crippen molar-refractivity contribution < 1.29 is 19.5 Å². The number of carbonyl (C=O) groups excluding carboxylic acids is 2. The summed E-state index contributed by atoms with van der Waals surface area (Å²) >= 11 is 0. The summed E-state index contributed by atoms with van der Waals surface area (Å²) in [7, 11) is 0. The lowest BCUT2D eigenvalue weighted by Gasteiger charge is -2.34. The number of Topliss-reactive ketones (excluding diaryl/α,β-unsaturated/α-hetero) is 2. The van der Waals surface area contributed by atoms with Crippen LogP contribution >= 0.6 is 0 Å². The molecule has 0 saturated heterocycles. The van der Waals surface area contributed by atoms with Crippen LogP contribution in [0.4, 0.5) is 0 Å². The number of ketones is 2. The maximum Gasteiger partial charge on any atom is 0.332 e. The van der Waals surface area contributed by atoms with E-state index in [1.807, 2.05) is 6.07 Å². The Morgan fingerprint density at radius 2 is 1.50 bits per heavy atom. The normalized spacial score (nSPS) is 16.3. The molecule has 0 radical (unpaired) electrons. The standard InChI is InChI=1S/C21H35N5O4/c22-11-5-4-10-16(24)18(27)15(9-6-12-23)21(26,20(29)30)19(28)17(25)13-14-7-2-1-3-8-14/h1-3,7-8,15-17H,4-6,9-13,22-26H2,(H,29,30). The molecule has 0 saturated carbocycles. The third-order valence-electron chi connectivity index (χ3n) is 5.32. The molecular formula is C21H35N5O4. The van der Waals surface area contributed by atoms with Crippen molar-refractivity contribution in [3.63, 3.8) is 0 Å². The van der Waals surface area contributed by atoms with Gasteiger partial charge in [0.05, 0.1) is 18.0 Å². The van der Waals surface area contributed by atoms with E-state index in [4.69, 9.17) is 28.7 Å². The number of benzene rings is 1. The average molecular weight is 422 g/mol. The van der Waals surface area contributed by atoms with Gasteiger partial charge in [-0.2, -0.15) is 0 Å². The molecule has 4 atom stereocenters. The number of hydrogen-bond donors (Lipinski definition) is 6. The Morgan fingerprint density at radius 1 is 0.900 bits per heavy atom. The number of unbranched alkanes of at least 4 members (excludes halogenated alkanes) is 1. The summed E-state index contributed by atoms with van der Waals surface area (Å²) in [6, 6.07) is 6.80. The highest BCUT2D eigenvalue weighted by Gasteiger charge is 2.53. The molecule has 1 aromatic rings. The van der Waals surface area contributed by atoms with Crippen LogP contribution in [-0.4, -0.2) is 53.4 Å². The van der Waals surface area contributed by atoms with Gasteiger partial charge in [-0.1, -0.05) is 36.8 Å². The van der Waals surface area contributed by atoms with Crippen LogP contribution < -0.4 is 28.7 Å². The zero-order valence-corrected chi connectivity index (χ0v) is 17.3. The number of rotatable bonds is 15. The molecule has 0 bridgehead atoms. The van der Waals surface area contributed by atoms with Gasteiger partial charge < -0.3 is 33.8 Å². The van der Waals surface area contributed by atoms with Gasteiger partial charge in [0.1, 0.15) is 0 Å². The second-order valence-electron chi connectivity index (χ2n) is 7.61. The summed E-state index contributed by atoms with van der Waals surface area (Å²) < 4.78 is 0. The molecule has 9 heteroatoms. The number of nitrogens with two attached hydrogens (primary N) is 5. The van der Waals surface area contributed by atoms with Crippen LogP contribution in [0.5, 0.6) is 0 Å². The van der Waals surface area contributed by atoms with Gasteiger partial charge in [0.2, 0.25) is 0 Å². The van der Waals surface area contributed by atoms with E-state index >= 15 is 0 Å². The number of hydrogen-bond acceptors (Lipinski definition) is 8. The minimum atomic E-state index is -2.48. The highest BCUT2D eigenvalue weighted by molar-refractivity contribution is 6.14. The Bertz CT molecular complexity index is 700. The smallest absolute Gasteiger partial charge is 0.332 e. The molecular weight excluding hydrogens is 386 g/mol. The van der Waals surface area contributed by atoms with E-state index in [1.54, 1.807) is 24.3 Å². The van der Waals surface area contributed by atoms with Crippen molar-refractivity contribution >= 4 is 17.5 Å². The molecule has 0 amide bonds. The Labute approximate surface area is 177 Å². The maximum absolute atomic E-state index is 13.1. The van der Waals surface area contributed by atoms with Crippen LogP contribution in [0.15, 0.2) is 30.3 Å². The Balaban J connectivity index is 3.16. The first-order valence-corrected chi connectivity index (χ1v) is 10.3. The van der Waals surface area contributed by atoms with Crippen molar-refractivity contribution in [1.29, 1.82) is 0 Å². The van der Waals surface area contributed by atoms with Crippen LogP contribution in [0.25, 0.3) is 0 Å². The van der Waals surface area contributed by atoms with Gasteiger partial charge in [0.25, 0.3) is 0 Å². The van der Waals surface area contributed by atoms with Crippen LogP contribution in [0, 0.1) is 5.92 Å². The fourth-order valence-corrected chi connectivity index (χ4v) is 3.52. The zero-order chi connectivity index (χ0) is 22.7. The predicted octanol–water partition coefficient (Wildman–Crippen LogP) is -0.712. The Morgan fingerprint density at radius 3 is 2.03 bits per heavy atom. The van der Waals surface area contributed by atoms with Crippen LogP contribution in [-0.2, 0) is 20.8 Å². The van der Waals surface area contributed by atoms with Gasteiger partial charge in [0, 0.05) is 0 Å². The van der Waals surface area contributed by atoms with Crippen LogP contribution in [0.1, 0.15) is 37.7 Å². The summed E-state index contributed by atoms with van der Waals surface area (Å²) in [5.74, 6) is -4.38. The molecule has 4 unspecified atom stereocenters. The van der Waals surface area contributed by atoms with E-state index in [0.717, 1.165) is 5.56 Å². The van der Waals surface area contributed by atoms with Gasteiger partial charge >= 0.3 is 5.97 Å². The topological polar surface area (TPSA) is 202 Å². The first-order chi connectivity index (χ1) is 14.2. The zero-order valence-electron chi connectivity index (χ0n) is 17.3. The molecule has 30 heavy (non-hydrogen) atoms.